The third-order valence-electron chi connectivity index (χ3n) is 2.59. The zero-order valence-electron chi connectivity index (χ0n) is 7.35. The van der Waals surface area contributed by atoms with Gasteiger partial charge in [-0.3, -0.25) is 0 Å². The van der Waals surface area contributed by atoms with Crippen molar-refractivity contribution in [3.05, 3.63) is 0 Å². The van der Waals surface area contributed by atoms with Gasteiger partial charge in [0.2, 0.25) is 0 Å². The van der Waals surface area contributed by atoms with E-state index in [1.165, 1.54) is 38.6 Å². The summed E-state index contributed by atoms with van der Waals surface area (Å²) < 4.78 is 0. The molecule has 0 aromatic rings. The standard InChI is InChI=1S/C9H18ClN/c1-11(8-3-2-7-10)9-5-4-6-9/h9H,2-8H2,1H3. The van der Waals surface area contributed by atoms with Gasteiger partial charge in [0, 0.05) is 11.9 Å². The van der Waals surface area contributed by atoms with Crippen LogP contribution >= 0.6 is 11.6 Å². The van der Waals surface area contributed by atoms with Crippen molar-refractivity contribution in [3.63, 3.8) is 0 Å². The molecule has 0 aliphatic heterocycles. The van der Waals surface area contributed by atoms with Crippen LogP contribution in [0.25, 0.3) is 0 Å². The van der Waals surface area contributed by atoms with Crippen LogP contribution < -0.4 is 0 Å². The predicted molar refractivity (Wildman–Crippen MR) is 50.2 cm³/mol. The molecule has 0 spiro atoms. The maximum atomic E-state index is 5.59. The Kier molecular flexibility index (Phi) is 4.24. The molecule has 11 heavy (non-hydrogen) atoms. The number of rotatable bonds is 5. The minimum atomic E-state index is 0.818. The summed E-state index contributed by atoms with van der Waals surface area (Å²) in [4.78, 5) is 2.48. The Morgan fingerprint density at radius 2 is 2.09 bits per heavy atom. The smallest absolute Gasteiger partial charge is 0.0223 e. The molecule has 0 heterocycles. The van der Waals surface area contributed by atoms with Crippen LogP contribution in [0.1, 0.15) is 32.1 Å². The van der Waals surface area contributed by atoms with Crippen molar-refractivity contribution in [1.82, 2.24) is 4.90 Å². The minimum Gasteiger partial charge on any atom is -0.303 e. The van der Waals surface area contributed by atoms with Crippen LogP contribution in [0.2, 0.25) is 0 Å². The Hall–Kier alpha value is 0.250. The number of nitrogens with zero attached hydrogens (tertiary/aromatic N) is 1. The van der Waals surface area contributed by atoms with E-state index >= 15 is 0 Å². The lowest BCUT2D eigenvalue weighted by Crippen LogP contribution is -2.37. The van der Waals surface area contributed by atoms with E-state index in [0.29, 0.717) is 0 Å². The summed E-state index contributed by atoms with van der Waals surface area (Å²) in [5.41, 5.74) is 0. The molecular weight excluding hydrogens is 158 g/mol. The highest BCUT2D eigenvalue weighted by molar-refractivity contribution is 6.17. The van der Waals surface area contributed by atoms with Crippen molar-refractivity contribution in [2.45, 2.75) is 38.1 Å². The van der Waals surface area contributed by atoms with Gasteiger partial charge >= 0.3 is 0 Å². The van der Waals surface area contributed by atoms with E-state index in [-0.39, 0.29) is 0 Å². The molecule has 0 amide bonds. The Balaban J connectivity index is 1.96. The van der Waals surface area contributed by atoms with Crippen LogP contribution in [0.5, 0.6) is 0 Å². The molecule has 0 saturated heterocycles. The number of hydrogen-bond donors (Lipinski definition) is 0. The summed E-state index contributed by atoms with van der Waals surface area (Å²) in [5.74, 6) is 0.818. The van der Waals surface area contributed by atoms with E-state index < -0.39 is 0 Å². The maximum Gasteiger partial charge on any atom is 0.0223 e. The Morgan fingerprint density at radius 3 is 2.55 bits per heavy atom. The second-order valence-corrected chi connectivity index (χ2v) is 3.84. The van der Waals surface area contributed by atoms with Gasteiger partial charge in [-0.2, -0.15) is 0 Å². The normalized spacial score (nSPS) is 18.8. The largest absolute Gasteiger partial charge is 0.303 e. The van der Waals surface area contributed by atoms with E-state index in [4.69, 9.17) is 11.6 Å². The second-order valence-electron chi connectivity index (χ2n) is 3.46. The number of halogens is 1. The van der Waals surface area contributed by atoms with Gasteiger partial charge in [0.25, 0.3) is 0 Å². The first-order valence-electron chi connectivity index (χ1n) is 4.61. The summed E-state index contributed by atoms with van der Waals surface area (Å²) >= 11 is 5.59. The summed E-state index contributed by atoms with van der Waals surface area (Å²) in [7, 11) is 2.23. The molecule has 2 heteroatoms. The molecule has 0 aromatic heterocycles. The van der Waals surface area contributed by atoms with Gasteiger partial charge in [-0.25, -0.2) is 0 Å². The van der Waals surface area contributed by atoms with Gasteiger partial charge < -0.3 is 4.90 Å². The van der Waals surface area contributed by atoms with Crippen LogP contribution in [0.15, 0.2) is 0 Å². The van der Waals surface area contributed by atoms with Crippen LogP contribution in [-0.4, -0.2) is 30.4 Å². The maximum absolute atomic E-state index is 5.59. The molecule has 0 unspecified atom stereocenters. The van der Waals surface area contributed by atoms with Crippen molar-refractivity contribution in [3.8, 4) is 0 Å². The minimum absolute atomic E-state index is 0.818. The Labute approximate surface area is 74.7 Å². The fourth-order valence-corrected chi connectivity index (χ4v) is 1.65. The van der Waals surface area contributed by atoms with Gasteiger partial charge in [0.15, 0.2) is 0 Å². The molecule has 1 aliphatic rings. The van der Waals surface area contributed by atoms with E-state index in [1.807, 2.05) is 0 Å². The molecule has 1 rings (SSSR count). The molecule has 0 N–H and O–H groups in total. The second kappa shape index (κ2) is 5.00. The lowest BCUT2D eigenvalue weighted by molar-refractivity contribution is 0.158. The number of hydrogen-bond acceptors (Lipinski definition) is 1. The molecule has 66 valence electrons. The monoisotopic (exact) mass is 175 g/mol. The van der Waals surface area contributed by atoms with E-state index in [0.717, 1.165) is 11.9 Å². The van der Waals surface area contributed by atoms with Crippen LogP contribution in [0, 0.1) is 0 Å². The lowest BCUT2D eigenvalue weighted by Gasteiger charge is -2.34. The van der Waals surface area contributed by atoms with Gasteiger partial charge in [-0.05, 0) is 39.3 Å². The fraction of sp³-hybridized carbons (Fsp3) is 1.00. The number of unbranched alkanes of at least 4 members (excludes halogenated alkanes) is 1. The molecular formula is C9H18ClN. The first-order valence-corrected chi connectivity index (χ1v) is 5.14. The highest BCUT2D eigenvalue weighted by Gasteiger charge is 2.20. The van der Waals surface area contributed by atoms with E-state index in [2.05, 4.69) is 11.9 Å². The quantitative estimate of drug-likeness (QED) is 0.459. The Bertz CT molecular complexity index is 102. The average Bonchev–Trinajstić information content (AvgIpc) is 1.84. The SMILES string of the molecule is CN(CCCCCl)C1CCC1. The molecule has 1 saturated carbocycles. The summed E-state index contributed by atoms with van der Waals surface area (Å²) in [6, 6.07) is 0.894. The average molecular weight is 176 g/mol. The predicted octanol–water partition coefficient (Wildman–Crippen LogP) is 2.49. The molecule has 1 aliphatic carbocycles. The lowest BCUT2D eigenvalue weighted by atomic mass is 9.92. The number of alkyl halides is 1. The van der Waals surface area contributed by atoms with Crippen molar-refractivity contribution in [2.24, 2.45) is 0 Å². The first kappa shape index (κ1) is 9.34. The van der Waals surface area contributed by atoms with E-state index in [1.54, 1.807) is 0 Å². The summed E-state index contributed by atoms with van der Waals surface area (Å²) in [6.07, 6.45) is 6.69. The van der Waals surface area contributed by atoms with Crippen LogP contribution in [-0.2, 0) is 0 Å². The molecule has 0 radical (unpaired) electrons. The van der Waals surface area contributed by atoms with Crippen molar-refractivity contribution in [2.75, 3.05) is 19.5 Å². The van der Waals surface area contributed by atoms with Gasteiger partial charge in [0.1, 0.15) is 0 Å². The molecule has 0 bridgehead atoms. The zero-order valence-corrected chi connectivity index (χ0v) is 8.11. The topological polar surface area (TPSA) is 3.24 Å². The first-order chi connectivity index (χ1) is 5.34. The Morgan fingerprint density at radius 1 is 1.36 bits per heavy atom. The van der Waals surface area contributed by atoms with Gasteiger partial charge in [0.05, 0.1) is 0 Å². The highest BCUT2D eigenvalue weighted by atomic mass is 35.5. The molecule has 0 atom stereocenters. The highest BCUT2D eigenvalue weighted by Crippen LogP contribution is 2.23. The third kappa shape index (κ3) is 3.00. The van der Waals surface area contributed by atoms with Crippen LogP contribution in [0.3, 0.4) is 0 Å². The zero-order chi connectivity index (χ0) is 8.10. The van der Waals surface area contributed by atoms with Crippen LogP contribution in [0.4, 0.5) is 0 Å². The third-order valence-corrected chi connectivity index (χ3v) is 2.86. The summed E-state index contributed by atoms with van der Waals surface area (Å²) in [5, 5.41) is 0. The van der Waals surface area contributed by atoms with Gasteiger partial charge in [-0.15, -0.1) is 11.6 Å². The molecule has 1 nitrogen and oxygen atoms in total. The molecule has 0 aromatic carbocycles. The van der Waals surface area contributed by atoms with Crippen molar-refractivity contribution in [1.29, 1.82) is 0 Å². The van der Waals surface area contributed by atoms with E-state index in [9.17, 15) is 0 Å². The summed E-state index contributed by atoms with van der Waals surface area (Å²) in [6.45, 7) is 1.23. The molecule has 1 fully saturated rings. The van der Waals surface area contributed by atoms with Crippen molar-refractivity contribution >= 4 is 11.6 Å². The van der Waals surface area contributed by atoms with Gasteiger partial charge in [-0.1, -0.05) is 6.42 Å². The fourth-order valence-electron chi connectivity index (χ4n) is 1.47. The van der Waals surface area contributed by atoms with Crippen molar-refractivity contribution < 1.29 is 0 Å².